The van der Waals surface area contributed by atoms with E-state index in [1.165, 1.54) is 0 Å². The van der Waals surface area contributed by atoms with E-state index in [1.54, 1.807) is 4.90 Å². The Balaban J connectivity index is -0.0000000742. The Hall–Kier alpha value is 1.02. The van der Waals surface area contributed by atoms with Crippen LogP contribution >= 0.6 is 24.4 Å². The zero-order valence-electron chi connectivity index (χ0n) is 9.15. The number of aliphatic hydroxyl groups is 2. The molecule has 15 heavy (non-hydrogen) atoms. The van der Waals surface area contributed by atoms with Gasteiger partial charge in [0.15, 0.2) is 0 Å². The first-order valence-corrected chi connectivity index (χ1v) is 5.23. The van der Waals surface area contributed by atoms with Gasteiger partial charge in [-0.25, -0.2) is 0 Å². The molecule has 0 unspecified atom stereocenters. The van der Waals surface area contributed by atoms with Crippen LogP contribution in [0.15, 0.2) is 0 Å². The molecule has 0 spiro atoms. The Labute approximate surface area is 146 Å². The molecule has 0 aliphatic rings. The first kappa shape index (κ1) is 25.0. The number of hydrogen-bond donors (Lipinski definition) is 3. The fraction of sp³-hybridized carbons (Fsp3) is 0.750. The Morgan fingerprint density at radius 1 is 1.13 bits per heavy atom. The third-order valence-electron chi connectivity index (χ3n) is 1.03. The first-order chi connectivity index (χ1) is 6.45. The molecule has 0 aromatic rings. The molecule has 4 nitrogen and oxygen atoms in total. The van der Waals surface area contributed by atoms with E-state index in [-0.39, 0.29) is 56.6 Å². The van der Waals surface area contributed by atoms with Crippen LogP contribution in [0.5, 0.6) is 0 Å². The van der Waals surface area contributed by atoms with Crippen molar-refractivity contribution in [3.63, 3.8) is 0 Å². The van der Waals surface area contributed by atoms with E-state index >= 15 is 0 Å². The minimum atomic E-state index is -0.500. The van der Waals surface area contributed by atoms with Crippen molar-refractivity contribution >= 4 is 86.2 Å². The average molecular weight is 280 g/mol. The number of hydrogen-bond acceptors (Lipinski definition) is 2. The van der Waals surface area contributed by atoms with E-state index in [0.717, 1.165) is 13.1 Å². The van der Waals surface area contributed by atoms with Crippen LogP contribution in [0.3, 0.4) is 0 Å². The quantitative estimate of drug-likeness (QED) is 0.524. The summed E-state index contributed by atoms with van der Waals surface area (Å²) < 4.78 is 0. The second-order valence-corrected chi connectivity index (χ2v) is 2.58. The van der Waals surface area contributed by atoms with Gasteiger partial charge < -0.3 is 20.8 Å². The summed E-state index contributed by atoms with van der Waals surface area (Å²) in [4.78, 5) is 1.70. The van der Waals surface area contributed by atoms with Crippen molar-refractivity contribution in [2.45, 2.75) is 27.7 Å². The fourth-order valence-corrected chi connectivity index (χ4v) is 0.752. The zero-order chi connectivity index (χ0) is 12.1. The number of nitrogens with two attached hydrogens (primary N) is 1. The van der Waals surface area contributed by atoms with E-state index in [2.05, 4.69) is 30.2 Å². The summed E-state index contributed by atoms with van der Waals surface area (Å²) in [5, 5.41) is 15.7. The molecule has 4 N–H and O–H groups in total. The maximum absolute atomic E-state index is 8.67. The van der Waals surface area contributed by atoms with E-state index in [9.17, 15) is 0 Å². The molecule has 0 aromatic carbocycles. The predicted octanol–water partition coefficient (Wildman–Crippen LogP) is 1.34. The molecule has 0 bridgehead atoms. The summed E-state index contributed by atoms with van der Waals surface area (Å²) in [6.07, 6.45) is 0. The van der Waals surface area contributed by atoms with Gasteiger partial charge in [-0.05, 0) is 38.3 Å². The van der Waals surface area contributed by atoms with Crippen molar-refractivity contribution in [1.29, 1.82) is 0 Å². The standard InChI is InChI=1S/C5H11NOS.C2H6.CH3NOS.K.H/c1-3-6(4-2)5(7)8;1-2;2-1(3)4;;/h3-4H2,1-2H3,(H,7,8);1-2H3;(H3,2,3,4);;. The summed E-state index contributed by atoms with van der Waals surface area (Å²) in [5.41, 5.74) is 4.40. The summed E-state index contributed by atoms with van der Waals surface area (Å²) in [6.45, 7) is 9.47. The maximum atomic E-state index is 8.67. The first-order valence-electron chi connectivity index (χ1n) is 4.41. The summed E-state index contributed by atoms with van der Waals surface area (Å²) in [7, 11) is 0. The number of aliphatic hydroxyl groups excluding tert-OH is 2. The van der Waals surface area contributed by atoms with Gasteiger partial charge in [0, 0.05) is 13.1 Å². The molecule has 0 rings (SSSR count). The Morgan fingerprint density at radius 3 is 1.33 bits per heavy atom. The Kier molecular flexibility index (Phi) is 34.1. The summed E-state index contributed by atoms with van der Waals surface area (Å²) in [5.74, 6) is 0. The van der Waals surface area contributed by atoms with Crippen LogP contribution in [0.2, 0.25) is 0 Å². The van der Waals surface area contributed by atoms with Crippen LogP contribution in [0.25, 0.3) is 0 Å². The van der Waals surface area contributed by atoms with Gasteiger partial charge in [0.25, 0.3) is 10.3 Å². The van der Waals surface area contributed by atoms with E-state index < -0.39 is 5.17 Å². The van der Waals surface area contributed by atoms with Crippen LogP contribution in [0.4, 0.5) is 0 Å². The molecule has 0 atom stereocenters. The summed E-state index contributed by atoms with van der Waals surface area (Å²) in [6, 6.07) is 0. The normalized spacial score (nSPS) is 6.67. The molecular formula is C8H21KN2O2S2. The molecule has 0 saturated heterocycles. The van der Waals surface area contributed by atoms with Crippen LogP contribution in [-0.2, 0) is 0 Å². The zero-order valence-corrected chi connectivity index (χ0v) is 10.8. The predicted molar refractivity (Wildman–Crippen MR) is 76.1 cm³/mol. The molecule has 0 heterocycles. The minimum absolute atomic E-state index is 0. The molecule has 0 aliphatic carbocycles. The number of thiocarbonyl (C=S) groups is 2. The molecule has 0 fully saturated rings. The molecule has 0 amide bonds. The van der Waals surface area contributed by atoms with Crippen LogP contribution in [-0.4, -0.2) is 89.9 Å². The van der Waals surface area contributed by atoms with Crippen molar-refractivity contribution in [3.05, 3.63) is 0 Å². The third kappa shape index (κ3) is 31.3. The molecule has 0 radical (unpaired) electrons. The van der Waals surface area contributed by atoms with Gasteiger partial charge in [0.05, 0.1) is 0 Å². The topological polar surface area (TPSA) is 69.7 Å². The van der Waals surface area contributed by atoms with Crippen molar-refractivity contribution in [2.24, 2.45) is 5.73 Å². The van der Waals surface area contributed by atoms with Crippen molar-refractivity contribution < 1.29 is 10.2 Å². The number of nitrogens with zero attached hydrogens (tertiary/aromatic N) is 1. The second kappa shape index (κ2) is 20.4. The van der Waals surface area contributed by atoms with Gasteiger partial charge in [-0.3, -0.25) is 0 Å². The average Bonchev–Trinajstić information content (AvgIpc) is 2.08. The van der Waals surface area contributed by atoms with Crippen LogP contribution < -0.4 is 5.73 Å². The number of rotatable bonds is 2. The van der Waals surface area contributed by atoms with E-state index in [1.807, 2.05) is 27.7 Å². The molecular weight excluding hydrogens is 259 g/mol. The fourth-order valence-electron chi connectivity index (χ4n) is 0.494. The van der Waals surface area contributed by atoms with Crippen LogP contribution in [0, 0.1) is 0 Å². The molecule has 0 saturated carbocycles. The molecule has 0 aliphatic heterocycles. The molecule has 88 valence electrons. The molecule has 7 heteroatoms. The second-order valence-electron chi connectivity index (χ2n) is 1.79. The third-order valence-corrected chi connectivity index (χ3v) is 1.29. The van der Waals surface area contributed by atoms with Crippen molar-refractivity contribution in [2.75, 3.05) is 13.1 Å². The van der Waals surface area contributed by atoms with E-state index in [0.29, 0.717) is 0 Å². The summed E-state index contributed by atoms with van der Waals surface area (Å²) >= 11 is 8.37. The molecule has 0 aromatic heterocycles. The monoisotopic (exact) mass is 280 g/mol. The van der Waals surface area contributed by atoms with Gasteiger partial charge in [0.1, 0.15) is 0 Å². The van der Waals surface area contributed by atoms with E-state index in [4.69, 9.17) is 10.2 Å². The SMILES string of the molecule is CC.CCN(CC)C(O)=S.NC(O)=S.[KH]. The van der Waals surface area contributed by atoms with Crippen molar-refractivity contribution in [1.82, 2.24) is 4.90 Å². The van der Waals surface area contributed by atoms with Crippen molar-refractivity contribution in [3.8, 4) is 0 Å². The van der Waals surface area contributed by atoms with Gasteiger partial charge in [0.2, 0.25) is 0 Å². The Bertz CT molecular complexity index is 152. The Morgan fingerprint density at radius 2 is 1.33 bits per heavy atom. The van der Waals surface area contributed by atoms with Gasteiger partial charge in [-0.1, -0.05) is 13.8 Å². The van der Waals surface area contributed by atoms with Gasteiger partial charge in [-0.15, -0.1) is 0 Å². The van der Waals surface area contributed by atoms with Gasteiger partial charge in [-0.2, -0.15) is 0 Å². The van der Waals surface area contributed by atoms with Crippen LogP contribution in [0.1, 0.15) is 27.7 Å². The van der Waals surface area contributed by atoms with Gasteiger partial charge >= 0.3 is 51.4 Å².